The minimum atomic E-state index is -0.137. The van der Waals surface area contributed by atoms with E-state index >= 15 is 0 Å². The topological polar surface area (TPSA) is 42.4 Å². The van der Waals surface area contributed by atoms with Crippen LogP contribution in [0.1, 0.15) is 10.4 Å². The third-order valence-corrected chi connectivity index (χ3v) is 3.91. The van der Waals surface area contributed by atoms with Crippen LogP contribution in [0, 0.1) is 0 Å². The lowest BCUT2D eigenvalue weighted by molar-refractivity contribution is 0.0989. The predicted molar refractivity (Wildman–Crippen MR) is 90.1 cm³/mol. The Labute approximate surface area is 133 Å². The lowest BCUT2D eigenvalue weighted by Crippen LogP contribution is -2.30. The van der Waals surface area contributed by atoms with Gasteiger partial charge in [0.2, 0.25) is 5.88 Å². The molecule has 0 fully saturated rings. The lowest BCUT2D eigenvalue weighted by atomic mass is 10.1. The summed E-state index contributed by atoms with van der Waals surface area (Å²) < 4.78 is 6.05. The Morgan fingerprint density at radius 1 is 1.13 bits per heavy atom. The summed E-state index contributed by atoms with van der Waals surface area (Å²) in [5, 5.41) is 2.00. The maximum atomic E-state index is 12.9. The molecule has 112 valence electrons. The van der Waals surface area contributed by atoms with E-state index in [0.29, 0.717) is 23.7 Å². The minimum Gasteiger partial charge on any atom is -0.435 e. The van der Waals surface area contributed by atoms with Gasteiger partial charge in [0, 0.05) is 18.1 Å². The standard InChI is InChI=1S/C19H14N2O2/c1-2-12-21-16-10-9-13-6-3-4-7-14(13)17(16)23-18-15(19(21)22)8-5-11-20-18/h2-11H,1,12H2. The summed E-state index contributed by atoms with van der Waals surface area (Å²) in [4.78, 5) is 18.8. The first kappa shape index (κ1) is 13.5. The van der Waals surface area contributed by atoms with Gasteiger partial charge in [-0.1, -0.05) is 36.4 Å². The van der Waals surface area contributed by atoms with Gasteiger partial charge in [-0.3, -0.25) is 4.79 Å². The largest absolute Gasteiger partial charge is 0.435 e. The highest BCUT2D eigenvalue weighted by molar-refractivity contribution is 6.11. The number of rotatable bonds is 2. The van der Waals surface area contributed by atoms with E-state index in [4.69, 9.17) is 4.74 Å². The molecule has 0 saturated heterocycles. The Hall–Kier alpha value is -3.14. The van der Waals surface area contributed by atoms with Crippen molar-refractivity contribution >= 4 is 22.4 Å². The van der Waals surface area contributed by atoms with Crippen molar-refractivity contribution in [1.29, 1.82) is 0 Å². The molecule has 3 aromatic rings. The molecule has 0 atom stereocenters. The van der Waals surface area contributed by atoms with E-state index in [9.17, 15) is 4.79 Å². The van der Waals surface area contributed by atoms with Crippen LogP contribution in [0.25, 0.3) is 10.8 Å². The molecule has 1 aliphatic heterocycles. The SMILES string of the molecule is C=CCN1C(=O)c2cccnc2Oc2c1ccc1ccccc21. The second-order valence-corrected chi connectivity index (χ2v) is 5.30. The second kappa shape index (κ2) is 5.25. The molecule has 23 heavy (non-hydrogen) atoms. The average molecular weight is 302 g/mol. The number of pyridine rings is 1. The van der Waals surface area contributed by atoms with Crippen LogP contribution >= 0.6 is 0 Å². The van der Waals surface area contributed by atoms with Crippen LogP contribution in [0.15, 0.2) is 67.4 Å². The highest BCUT2D eigenvalue weighted by Crippen LogP contribution is 2.42. The van der Waals surface area contributed by atoms with E-state index in [1.807, 2.05) is 36.4 Å². The molecule has 0 N–H and O–H groups in total. The first-order valence-electron chi connectivity index (χ1n) is 7.37. The molecule has 1 aromatic heterocycles. The summed E-state index contributed by atoms with van der Waals surface area (Å²) in [5.74, 6) is 0.847. The first-order chi connectivity index (χ1) is 11.3. The van der Waals surface area contributed by atoms with E-state index < -0.39 is 0 Å². The molecule has 1 amide bonds. The maximum Gasteiger partial charge on any atom is 0.264 e. The molecule has 0 saturated carbocycles. The van der Waals surface area contributed by atoms with E-state index in [1.165, 1.54) is 0 Å². The van der Waals surface area contributed by atoms with Gasteiger partial charge in [0.15, 0.2) is 5.75 Å². The Morgan fingerprint density at radius 2 is 2.00 bits per heavy atom. The zero-order chi connectivity index (χ0) is 15.8. The highest BCUT2D eigenvalue weighted by Gasteiger charge is 2.29. The number of anilines is 1. The van der Waals surface area contributed by atoms with Crippen LogP contribution in [0.2, 0.25) is 0 Å². The van der Waals surface area contributed by atoms with Crippen LogP contribution in [-0.2, 0) is 0 Å². The number of aromatic nitrogens is 1. The number of nitrogens with zero attached hydrogens (tertiary/aromatic N) is 2. The summed E-state index contributed by atoms with van der Waals surface area (Å²) in [5.41, 5.74) is 1.18. The normalized spacial score (nSPS) is 13.0. The Balaban J connectivity index is 2.04. The molecule has 2 aromatic carbocycles. The van der Waals surface area contributed by atoms with Crippen molar-refractivity contribution in [2.45, 2.75) is 0 Å². The van der Waals surface area contributed by atoms with Crippen molar-refractivity contribution in [2.24, 2.45) is 0 Å². The quantitative estimate of drug-likeness (QED) is 0.667. The number of amides is 1. The van der Waals surface area contributed by atoms with Crippen molar-refractivity contribution in [2.75, 3.05) is 11.4 Å². The fourth-order valence-electron chi connectivity index (χ4n) is 2.85. The van der Waals surface area contributed by atoms with Crippen LogP contribution in [0.5, 0.6) is 11.6 Å². The molecule has 0 bridgehead atoms. The monoisotopic (exact) mass is 302 g/mol. The zero-order valence-corrected chi connectivity index (χ0v) is 12.4. The number of hydrogen-bond donors (Lipinski definition) is 0. The number of fused-ring (bicyclic) bond motifs is 4. The molecule has 2 heterocycles. The number of hydrogen-bond acceptors (Lipinski definition) is 3. The van der Waals surface area contributed by atoms with E-state index in [2.05, 4.69) is 11.6 Å². The lowest BCUT2D eigenvalue weighted by Gasteiger charge is -2.21. The van der Waals surface area contributed by atoms with Gasteiger partial charge < -0.3 is 9.64 Å². The van der Waals surface area contributed by atoms with Crippen molar-refractivity contribution < 1.29 is 9.53 Å². The molecular formula is C19H14N2O2. The summed E-state index contributed by atoms with van der Waals surface area (Å²) in [6.45, 7) is 4.17. The Morgan fingerprint density at radius 3 is 2.87 bits per heavy atom. The average Bonchev–Trinajstić information content (AvgIpc) is 2.71. The number of carbonyl (C=O) groups excluding carboxylic acids is 1. The fourth-order valence-corrected chi connectivity index (χ4v) is 2.85. The van der Waals surface area contributed by atoms with Crippen LogP contribution in [-0.4, -0.2) is 17.4 Å². The third-order valence-electron chi connectivity index (χ3n) is 3.91. The van der Waals surface area contributed by atoms with Gasteiger partial charge >= 0.3 is 0 Å². The van der Waals surface area contributed by atoms with Gasteiger partial charge in [0.05, 0.1) is 5.69 Å². The summed E-state index contributed by atoms with van der Waals surface area (Å²) in [6.07, 6.45) is 3.33. The Bertz CT molecular complexity index is 934. The number of ether oxygens (including phenoxy) is 1. The number of benzene rings is 2. The summed E-state index contributed by atoms with van der Waals surface area (Å²) in [7, 11) is 0. The van der Waals surface area contributed by atoms with E-state index in [-0.39, 0.29) is 5.91 Å². The molecule has 0 unspecified atom stereocenters. The van der Waals surface area contributed by atoms with Crippen molar-refractivity contribution in [3.63, 3.8) is 0 Å². The molecule has 1 aliphatic rings. The molecule has 0 radical (unpaired) electrons. The highest BCUT2D eigenvalue weighted by atomic mass is 16.5. The van der Waals surface area contributed by atoms with Crippen molar-refractivity contribution in [3.05, 3.63) is 72.9 Å². The Kier molecular flexibility index (Phi) is 3.08. The molecule has 0 spiro atoms. The third kappa shape index (κ3) is 2.07. The minimum absolute atomic E-state index is 0.137. The number of carbonyl (C=O) groups is 1. The molecule has 4 nitrogen and oxygen atoms in total. The fraction of sp³-hybridized carbons (Fsp3) is 0.0526. The molecular weight excluding hydrogens is 288 g/mol. The van der Waals surface area contributed by atoms with Crippen molar-refractivity contribution in [1.82, 2.24) is 4.98 Å². The van der Waals surface area contributed by atoms with Crippen LogP contribution in [0.4, 0.5) is 5.69 Å². The van der Waals surface area contributed by atoms with Gasteiger partial charge in [-0.25, -0.2) is 4.98 Å². The summed E-state index contributed by atoms with van der Waals surface area (Å²) in [6, 6.07) is 15.3. The van der Waals surface area contributed by atoms with Gasteiger partial charge in [0.25, 0.3) is 5.91 Å². The van der Waals surface area contributed by atoms with Crippen molar-refractivity contribution in [3.8, 4) is 11.6 Å². The van der Waals surface area contributed by atoms with Crippen LogP contribution in [0.3, 0.4) is 0 Å². The predicted octanol–water partition coefficient (Wildman–Crippen LogP) is 4.17. The second-order valence-electron chi connectivity index (χ2n) is 5.30. The molecule has 4 heteroatoms. The van der Waals surface area contributed by atoms with Gasteiger partial charge in [0.1, 0.15) is 5.56 Å². The van der Waals surface area contributed by atoms with Gasteiger partial charge in [-0.05, 0) is 23.6 Å². The molecule has 0 aliphatic carbocycles. The van der Waals surface area contributed by atoms with Gasteiger partial charge in [-0.15, -0.1) is 6.58 Å². The first-order valence-corrected chi connectivity index (χ1v) is 7.37. The van der Waals surface area contributed by atoms with Gasteiger partial charge in [-0.2, -0.15) is 0 Å². The summed E-state index contributed by atoms with van der Waals surface area (Å²) >= 11 is 0. The van der Waals surface area contributed by atoms with E-state index in [0.717, 1.165) is 16.5 Å². The smallest absolute Gasteiger partial charge is 0.264 e. The molecule has 4 rings (SSSR count). The maximum absolute atomic E-state index is 12.9. The zero-order valence-electron chi connectivity index (χ0n) is 12.4. The van der Waals surface area contributed by atoms with E-state index in [1.54, 1.807) is 29.3 Å². The van der Waals surface area contributed by atoms with Crippen LogP contribution < -0.4 is 9.64 Å².